The fraction of sp³-hybridized carbons (Fsp3) is 0.0400. The first kappa shape index (κ1) is 20.6. The summed E-state index contributed by atoms with van der Waals surface area (Å²) in [7, 11) is 0. The third kappa shape index (κ3) is 4.65. The molecule has 7 nitrogen and oxygen atoms in total. The molecule has 5 rings (SSSR count). The number of ether oxygens (including phenoxy) is 1. The molecule has 1 N–H and O–H groups in total. The molecular formula is C25H19N5O2S. The number of hydrogen-bond acceptors (Lipinski definition) is 6. The Morgan fingerprint density at radius 3 is 2.52 bits per heavy atom. The normalized spacial score (nSPS) is 10.7. The molecule has 0 unspecified atom stereocenters. The quantitative estimate of drug-likeness (QED) is 0.354. The molecular weight excluding hydrogens is 434 g/mol. The molecule has 0 fully saturated rings. The van der Waals surface area contributed by atoms with Crippen LogP contribution in [0.4, 0.5) is 5.69 Å². The van der Waals surface area contributed by atoms with E-state index in [1.807, 2.05) is 53.4 Å². The van der Waals surface area contributed by atoms with Crippen LogP contribution in [0.1, 0.15) is 16.2 Å². The number of amides is 1. The number of carbonyl (C=O) groups excluding carboxylic acids is 1. The van der Waals surface area contributed by atoms with Crippen LogP contribution in [0.15, 0.2) is 90.8 Å². The van der Waals surface area contributed by atoms with Crippen molar-refractivity contribution < 1.29 is 9.53 Å². The van der Waals surface area contributed by atoms with Crippen molar-refractivity contribution in [2.45, 2.75) is 6.92 Å². The van der Waals surface area contributed by atoms with Gasteiger partial charge in [-0.3, -0.25) is 9.36 Å². The molecule has 3 aromatic heterocycles. The molecule has 8 heteroatoms. The van der Waals surface area contributed by atoms with Gasteiger partial charge < -0.3 is 10.1 Å². The van der Waals surface area contributed by atoms with Gasteiger partial charge in [0.25, 0.3) is 5.91 Å². The molecule has 33 heavy (non-hydrogen) atoms. The van der Waals surface area contributed by atoms with E-state index in [1.165, 1.54) is 11.2 Å². The van der Waals surface area contributed by atoms with Crippen LogP contribution in [0.25, 0.3) is 16.3 Å². The molecule has 0 aliphatic rings. The van der Waals surface area contributed by atoms with Crippen LogP contribution in [0.3, 0.4) is 0 Å². The summed E-state index contributed by atoms with van der Waals surface area (Å²) in [6, 6.07) is 20.5. The minimum Gasteiger partial charge on any atom is -0.439 e. The molecule has 0 aliphatic heterocycles. The van der Waals surface area contributed by atoms with Crippen LogP contribution in [-0.4, -0.2) is 25.4 Å². The van der Waals surface area contributed by atoms with Crippen LogP contribution in [0.5, 0.6) is 11.6 Å². The lowest BCUT2D eigenvalue weighted by atomic mass is 10.1. The van der Waals surface area contributed by atoms with E-state index in [4.69, 9.17) is 4.74 Å². The number of thiophene rings is 1. The van der Waals surface area contributed by atoms with Crippen molar-refractivity contribution in [2.75, 3.05) is 5.32 Å². The first-order chi connectivity index (χ1) is 16.2. The van der Waals surface area contributed by atoms with Gasteiger partial charge in [0.15, 0.2) is 0 Å². The van der Waals surface area contributed by atoms with E-state index in [0.717, 1.165) is 11.4 Å². The number of carbonyl (C=O) groups is 1. The van der Waals surface area contributed by atoms with Crippen molar-refractivity contribution in [3.63, 3.8) is 0 Å². The largest absolute Gasteiger partial charge is 0.439 e. The van der Waals surface area contributed by atoms with Crippen molar-refractivity contribution in [2.24, 2.45) is 0 Å². The van der Waals surface area contributed by atoms with Crippen LogP contribution < -0.4 is 10.1 Å². The van der Waals surface area contributed by atoms with Gasteiger partial charge in [0.05, 0.1) is 0 Å². The molecule has 0 bridgehead atoms. The molecule has 5 aromatic rings. The Kier molecular flexibility index (Phi) is 5.65. The van der Waals surface area contributed by atoms with Gasteiger partial charge in [0.1, 0.15) is 23.7 Å². The third-order valence-electron chi connectivity index (χ3n) is 4.99. The number of aryl methyl sites for hydroxylation is 1. The number of imidazole rings is 1. The molecule has 2 aromatic carbocycles. The van der Waals surface area contributed by atoms with Crippen LogP contribution in [0.2, 0.25) is 0 Å². The summed E-state index contributed by atoms with van der Waals surface area (Å²) in [4.78, 5) is 26.4. The minimum atomic E-state index is -0.169. The predicted octanol–water partition coefficient (Wildman–Crippen LogP) is 5.74. The first-order valence-corrected chi connectivity index (χ1v) is 11.1. The highest BCUT2D eigenvalue weighted by atomic mass is 32.1. The van der Waals surface area contributed by atoms with Gasteiger partial charge in [-0.15, -0.1) is 11.3 Å². The summed E-state index contributed by atoms with van der Waals surface area (Å²) in [6.07, 6.45) is 4.99. The first-order valence-electron chi connectivity index (χ1n) is 10.2. The van der Waals surface area contributed by atoms with E-state index in [1.54, 1.807) is 47.9 Å². The summed E-state index contributed by atoms with van der Waals surface area (Å²) in [5, 5.41) is 4.94. The third-order valence-corrected chi connectivity index (χ3v) is 5.91. The molecule has 1 amide bonds. The standard InChI is InChI=1S/C25H19N5O2S/c1-17-26-12-13-30(17)23-15-24(28-16-27-23)32-21-10-8-20(9-11-21)29-25(31)19-6-4-18(5-7-19)22-3-2-14-33-22/h2-16H,1H3,(H,29,31). The second kappa shape index (κ2) is 9.05. The Morgan fingerprint density at radius 2 is 1.82 bits per heavy atom. The lowest BCUT2D eigenvalue weighted by Gasteiger charge is -2.09. The van der Waals surface area contributed by atoms with E-state index in [0.29, 0.717) is 28.7 Å². The molecule has 162 valence electrons. The lowest BCUT2D eigenvalue weighted by Crippen LogP contribution is -2.11. The van der Waals surface area contributed by atoms with Crippen molar-refractivity contribution in [1.29, 1.82) is 0 Å². The van der Waals surface area contributed by atoms with Crippen LogP contribution in [0, 0.1) is 6.92 Å². The molecule has 0 aliphatic carbocycles. The number of benzene rings is 2. The van der Waals surface area contributed by atoms with Crippen LogP contribution >= 0.6 is 11.3 Å². The van der Waals surface area contributed by atoms with E-state index < -0.39 is 0 Å². The number of anilines is 1. The molecule has 0 spiro atoms. The smallest absolute Gasteiger partial charge is 0.255 e. The molecule has 0 saturated heterocycles. The number of nitrogens with zero attached hydrogens (tertiary/aromatic N) is 4. The summed E-state index contributed by atoms with van der Waals surface area (Å²) in [5.41, 5.74) is 2.37. The van der Waals surface area contributed by atoms with Crippen molar-refractivity contribution >= 4 is 22.9 Å². The zero-order chi connectivity index (χ0) is 22.6. The summed E-state index contributed by atoms with van der Waals surface area (Å²) < 4.78 is 7.70. The highest BCUT2D eigenvalue weighted by molar-refractivity contribution is 7.13. The Hall–Kier alpha value is -4.30. The molecule has 3 heterocycles. The van der Waals surface area contributed by atoms with E-state index in [9.17, 15) is 4.79 Å². The second-order valence-electron chi connectivity index (χ2n) is 7.19. The highest BCUT2D eigenvalue weighted by Crippen LogP contribution is 2.26. The Morgan fingerprint density at radius 1 is 1.00 bits per heavy atom. The van der Waals surface area contributed by atoms with E-state index in [-0.39, 0.29) is 5.91 Å². The average Bonchev–Trinajstić information content (AvgIpc) is 3.53. The van der Waals surface area contributed by atoms with E-state index in [2.05, 4.69) is 26.3 Å². The summed E-state index contributed by atoms with van der Waals surface area (Å²) >= 11 is 1.67. The topological polar surface area (TPSA) is 81.9 Å². The maximum Gasteiger partial charge on any atom is 0.255 e. The van der Waals surface area contributed by atoms with Gasteiger partial charge in [-0.1, -0.05) is 18.2 Å². The van der Waals surface area contributed by atoms with Gasteiger partial charge in [-0.25, -0.2) is 15.0 Å². The van der Waals surface area contributed by atoms with Gasteiger partial charge in [-0.05, 0) is 60.3 Å². The molecule has 0 atom stereocenters. The van der Waals surface area contributed by atoms with Crippen LogP contribution in [-0.2, 0) is 0 Å². The maximum atomic E-state index is 12.6. The predicted molar refractivity (Wildman–Crippen MR) is 128 cm³/mol. The number of aromatic nitrogens is 4. The SMILES string of the molecule is Cc1nccn1-c1cc(Oc2ccc(NC(=O)c3ccc(-c4cccs4)cc3)cc2)ncn1. The number of nitrogens with one attached hydrogen (secondary N) is 1. The van der Waals surface area contributed by atoms with Crippen molar-refractivity contribution in [3.05, 3.63) is 102 Å². The number of hydrogen-bond donors (Lipinski definition) is 1. The van der Waals surface area contributed by atoms with Crippen molar-refractivity contribution in [1.82, 2.24) is 19.5 Å². The lowest BCUT2D eigenvalue weighted by molar-refractivity contribution is 0.102. The Labute approximate surface area is 194 Å². The fourth-order valence-electron chi connectivity index (χ4n) is 3.30. The zero-order valence-corrected chi connectivity index (χ0v) is 18.5. The molecule has 0 radical (unpaired) electrons. The second-order valence-corrected chi connectivity index (χ2v) is 8.14. The van der Waals surface area contributed by atoms with Gasteiger partial charge in [0.2, 0.25) is 5.88 Å². The Bertz CT molecular complexity index is 1380. The summed E-state index contributed by atoms with van der Waals surface area (Å²) in [6.45, 7) is 1.90. The maximum absolute atomic E-state index is 12.6. The van der Waals surface area contributed by atoms with Gasteiger partial charge >= 0.3 is 0 Å². The minimum absolute atomic E-state index is 0.169. The van der Waals surface area contributed by atoms with Gasteiger partial charge in [-0.2, -0.15) is 0 Å². The average molecular weight is 454 g/mol. The van der Waals surface area contributed by atoms with Gasteiger partial charge in [0, 0.05) is 34.6 Å². The monoisotopic (exact) mass is 453 g/mol. The molecule has 0 saturated carbocycles. The Balaban J connectivity index is 1.24. The van der Waals surface area contributed by atoms with E-state index >= 15 is 0 Å². The zero-order valence-electron chi connectivity index (χ0n) is 17.7. The highest BCUT2D eigenvalue weighted by Gasteiger charge is 2.09. The fourth-order valence-corrected chi connectivity index (χ4v) is 4.03. The number of rotatable bonds is 6. The summed E-state index contributed by atoms with van der Waals surface area (Å²) in [5.74, 6) is 2.33. The van der Waals surface area contributed by atoms with Crippen molar-refractivity contribution in [3.8, 4) is 27.9 Å².